The van der Waals surface area contributed by atoms with E-state index in [4.69, 9.17) is 0 Å². The molecule has 0 heterocycles. The zero-order valence-corrected chi connectivity index (χ0v) is 9.39. The first-order valence-corrected chi connectivity index (χ1v) is 5.01. The molecule has 0 aliphatic heterocycles. The SMILES string of the molecule is CC.CNc1cccc(C(C)C)c1. The van der Waals surface area contributed by atoms with Crippen LogP contribution in [0.15, 0.2) is 24.3 Å². The highest BCUT2D eigenvalue weighted by molar-refractivity contribution is 5.45. The van der Waals surface area contributed by atoms with Crippen molar-refractivity contribution in [3.8, 4) is 0 Å². The van der Waals surface area contributed by atoms with Gasteiger partial charge in [0.05, 0.1) is 0 Å². The van der Waals surface area contributed by atoms with Gasteiger partial charge in [-0.1, -0.05) is 39.8 Å². The predicted octanol–water partition coefficient (Wildman–Crippen LogP) is 3.88. The highest BCUT2D eigenvalue weighted by Gasteiger charge is 1.97. The lowest BCUT2D eigenvalue weighted by atomic mass is 10.0. The molecule has 0 spiro atoms. The Hall–Kier alpha value is -0.980. The molecule has 0 bridgehead atoms. The fourth-order valence-electron chi connectivity index (χ4n) is 1.05. The fraction of sp³-hybridized carbons (Fsp3) is 0.500. The van der Waals surface area contributed by atoms with Crippen molar-refractivity contribution in [2.45, 2.75) is 33.6 Å². The lowest BCUT2D eigenvalue weighted by Crippen LogP contribution is -1.91. The molecule has 13 heavy (non-hydrogen) atoms. The van der Waals surface area contributed by atoms with Crippen molar-refractivity contribution in [2.75, 3.05) is 12.4 Å². The van der Waals surface area contributed by atoms with E-state index in [1.165, 1.54) is 11.3 Å². The number of anilines is 1. The van der Waals surface area contributed by atoms with Gasteiger partial charge in [-0.05, 0) is 23.6 Å². The maximum atomic E-state index is 3.12. The van der Waals surface area contributed by atoms with E-state index in [9.17, 15) is 0 Å². The standard InChI is InChI=1S/C10H15N.C2H6/c1-8(2)9-5-4-6-10(7-9)11-3;1-2/h4-8,11H,1-3H3;1-2H3. The average molecular weight is 179 g/mol. The third-order valence-corrected chi connectivity index (χ3v) is 1.84. The first-order valence-electron chi connectivity index (χ1n) is 5.01. The summed E-state index contributed by atoms with van der Waals surface area (Å²) in [5, 5.41) is 3.12. The summed E-state index contributed by atoms with van der Waals surface area (Å²) in [6.45, 7) is 8.41. The van der Waals surface area contributed by atoms with E-state index >= 15 is 0 Å². The van der Waals surface area contributed by atoms with E-state index in [2.05, 4.69) is 43.4 Å². The Balaban J connectivity index is 0.000000671. The highest BCUT2D eigenvalue weighted by Crippen LogP contribution is 2.17. The van der Waals surface area contributed by atoms with Crippen LogP contribution in [-0.4, -0.2) is 7.05 Å². The van der Waals surface area contributed by atoms with Crippen LogP contribution in [0.1, 0.15) is 39.2 Å². The van der Waals surface area contributed by atoms with E-state index in [0.717, 1.165) is 0 Å². The van der Waals surface area contributed by atoms with Crippen LogP contribution < -0.4 is 5.32 Å². The predicted molar refractivity (Wildman–Crippen MR) is 61.4 cm³/mol. The molecular weight excluding hydrogens is 158 g/mol. The molecule has 0 aliphatic carbocycles. The summed E-state index contributed by atoms with van der Waals surface area (Å²) in [5.74, 6) is 0.614. The maximum Gasteiger partial charge on any atom is 0.0340 e. The molecule has 0 saturated heterocycles. The molecule has 0 atom stereocenters. The molecule has 1 nitrogen and oxygen atoms in total. The number of hydrogen-bond donors (Lipinski definition) is 1. The molecule has 0 amide bonds. The van der Waals surface area contributed by atoms with Gasteiger partial charge in [0.25, 0.3) is 0 Å². The van der Waals surface area contributed by atoms with E-state index < -0.39 is 0 Å². The van der Waals surface area contributed by atoms with Crippen LogP contribution in [0.25, 0.3) is 0 Å². The van der Waals surface area contributed by atoms with Gasteiger partial charge in [0.15, 0.2) is 0 Å². The van der Waals surface area contributed by atoms with Crippen molar-refractivity contribution < 1.29 is 0 Å². The smallest absolute Gasteiger partial charge is 0.0340 e. The monoisotopic (exact) mass is 179 g/mol. The summed E-state index contributed by atoms with van der Waals surface area (Å²) in [6, 6.07) is 8.50. The van der Waals surface area contributed by atoms with Crippen molar-refractivity contribution in [3.05, 3.63) is 29.8 Å². The van der Waals surface area contributed by atoms with Gasteiger partial charge in [-0.3, -0.25) is 0 Å². The fourth-order valence-corrected chi connectivity index (χ4v) is 1.05. The summed E-state index contributed by atoms with van der Waals surface area (Å²) >= 11 is 0. The van der Waals surface area contributed by atoms with Crippen LogP contribution in [0.5, 0.6) is 0 Å². The van der Waals surface area contributed by atoms with Gasteiger partial charge in [0.2, 0.25) is 0 Å². The Kier molecular flexibility index (Phi) is 6.03. The summed E-state index contributed by atoms with van der Waals surface area (Å²) in [7, 11) is 1.94. The molecule has 0 unspecified atom stereocenters. The van der Waals surface area contributed by atoms with Gasteiger partial charge >= 0.3 is 0 Å². The molecule has 1 rings (SSSR count). The zero-order chi connectivity index (χ0) is 10.3. The lowest BCUT2D eigenvalue weighted by Gasteiger charge is -2.06. The number of benzene rings is 1. The second-order valence-electron chi connectivity index (χ2n) is 3.03. The normalized spacial score (nSPS) is 9.08. The van der Waals surface area contributed by atoms with Crippen molar-refractivity contribution in [2.24, 2.45) is 0 Å². The van der Waals surface area contributed by atoms with Crippen molar-refractivity contribution in [3.63, 3.8) is 0 Å². The zero-order valence-electron chi connectivity index (χ0n) is 9.39. The quantitative estimate of drug-likeness (QED) is 0.726. The number of rotatable bonds is 2. The Labute approximate surface area is 82.2 Å². The first kappa shape index (κ1) is 12.0. The van der Waals surface area contributed by atoms with E-state index in [1.54, 1.807) is 0 Å². The van der Waals surface area contributed by atoms with E-state index in [-0.39, 0.29) is 0 Å². The third-order valence-electron chi connectivity index (χ3n) is 1.84. The minimum atomic E-state index is 0.614. The van der Waals surface area contributed by atoms with Crippen molar-refractivity contribution >= 4 is 5.69 Å². The molecule has 1 N–H and O–H groups in total. The third kappa shape index (κ3) is 3.97. The van der Waals surface area contributed by atoms with Gasteiger partial charge in [0.1, 0.15) is 0 Å². The Bertz CT molecular complexity index is 228. The molecule has 1 heteroatoms. The minimum absolute atomic E-state index is 0.614. The Morgan fingerprint density at radius 2 is 1.77 bits per heavy atom. The van der Waals surface area contributed by atoms with Crippen LogP contribution in [0.2, 0.25) is 0 Å². The average Bonchev–Trinajstić information content (AvgIpc) is 2.21. The molecule has 0 aromatic heterocycles. The Morgan fingerprint density at radius 1 is 1.15 bits per heavy atom. The summed E-state index contributed by atoms with van der Waals surface area (Å²) in [6.07, 6.45) is 0. The maximum absolute atomic E-state index is 3.12. The van der Waals surface area contributed by atoms with E-state index in [1.807, 2.05) is 20.9 Å². The van der Waals surface area contributed by atoms with Crippen LogP contribution in [0.4, 0.5) is 5.69 Å². The topological polar surface area (TPSA) is 12.0 Å². The number of hydrogen-bond acceptors (Lipinski definition) is 1. The lowest BCUT2D eigenvalue weighted by molar-refractivity contribution is 0.867. The summed E-state index contributed by atoms with van der Waals surface area (Å²) < 4.78 is 0. The second-order valence-corrected chi connectivity index (χ2v) is 3.03. The van der Waals surface area contributed by atoms with Gasteiger partial charge in [-0.2, -0.15) is 0 Å². The largest absolute Gasteiger partial charge is 0.388 e. The van der Waals surface area contributed by atoms with Gasteiger partial charge in [-0.25, -0.2) is 0 Å². The second kappa shape index (κ2) is 6.53. The molecule has 0 aliphatic rings. The molecule has 1 aromatic carbocycles. The summed E-state index contributed by atoms with van der Waals surface area (Å²) in [5.41, 5.74) is 2.58. The van der Waals surface area contributed by atoms with Gasteiger partial charge in [0, 0.05) is 12.7 Å². The highest BCUT2D eigenvalue weighted by atomic mass is 14.8. The molecule has 0 fully saturated rings. The first-order chi connectivity index (χ1) is 6.24. The van der Waals surface area contributed by atoms with Crippen LogP contribution in [-0.2, 0) is 0 Å². The van der Waals surface area contributed by atoms with Crippen LogP contribution >= 0.6 is 0 Å². The molecule has 1 aromatic rings. The summed E-state index contributed by atoms with van der Waals surface area (Å²) in [4.78, 5) is 0. The molecule has 0 radical (unpaired) electrons. The van der Waals surface area contributed by atoms with Gasteiger partial charge in [-0.15, -0.1) is 0 Å². The molecule has 0 saturated carbocycles. The number of nitrogens with one attached hydrogen (secondary N) is 1. The van der Waals surface area contributed by atoms with Crippen molar-refractivity contribution in [1.29, 1.82) is 0 Å². The van der Waals surface area contributed by atoms with Crippen molar-refractivity contribution in [1.82, 2.24) is 0 Å². The van der Waals surface area contributed by atoms with E-state index in [0.29, 0.717) is 5.92 Å². The molecular formula is C12H21N. The Morgan fingerprint density at radius 3 is 2.23 bits per heavy atom. The minimum Gasteiger partial charge on any atom is -0.388 e. The van der Waals surface area contributed by atoms with Crippen LogP contribution in [0.3, 0.4) is 0 Å². The van der Waals surface area contributed by atoms with Crippen LogP contribution in [0, 0.1) is 0 Å². The molecule has 74 valence electrons. The van der Waals surface area contributed by atoms with Gasteiger partial charge < -0.3 is 5.32 Å².